The zero-order chi connectivity index (χ0) is 5.28. The van der Waals surface area contributed by atoms with Crippen molar-refractivity contribution in [1.82, 2.24) is 15.4 Å². The van der Waals surface area contributed by atoms with Gasteiger partial charge in [-0.1, -0.05) is 10.1 Å². The van der Waals surface area contributed by atoms with E-state index in [1.165, 1.54) is 0 Å². The zero-order valence-corrected chi connectivity index (χ0v) is 6.84. The Morgan fingerprint density at radius 3 is 1.44 bits per heavy atom. The van der Waals surface area contributed by atoms with Crippen molar-refractivity contribution in [1.29, 1.82) is 0 Å². The average molecular weight is 145 g/mol. The Bertz CT molecular complexity index is 150. The van der Waals surface area contributed by atoms with Gasteiger partial charge in [0.15, 0.2) is 0 Å². The molecule has 1 aromatic rings. The molecule has 0 amide bonds. The fourth-order valence-electron chi connectivity index (χ4n) is 0.211. The molecule has 0 unspecified atom stereocenters. The van der Waals surface area contributed by atoms with E-state index in [1.54, 1.807) is 0 Å². The number of aromatic nitrogens is 3. The third kappa shape index (κ3) is 3.47. The quantitative estimate of drug-likeness (QED) is 0.291. The Hall–Kier alpha value is 0.775. The first-order valence-electron chi connectivity index (χ1n) is 1.55. The van der Waals surface area contributed by atoms with Crippen molar-refractivity contribution >= 4 is 25.3 Å². The van der Waals surface area contributed by atoms with Gasteiger partial charge in [-0.3, -0.25) is 0 Å². The molecule has 0 saturated carbocycles. The summed E-state index contributed by atoms with van der Waals surface area (Å²) in [4.78, 5) is 0. The minimum atomic E-state index is 0. The van der Waals surface area contributed by atoms with Gasteiger partial charge in [-0.15, -0.1) is 0 Å². The van der Waals surface area contributed by atoms with Crippen molar-refractivity contribution < 1.29 is 37.7 Å². The molecule has 0 bridgehead atoms. The number of hydrogen-bond donors (Lipinski definition) is 1. The van der Waals surface area contributed by atoms with Crippen LogP contribution in [0.4, 0.5) is 0 Å². The third-order valence-electron chi connectivity index (χ3n) is 0.486. The number of nitrogens with one attached hydrogen (secondary N) is 1. The number of aromatic amines is 1. The molecular weight excluding hydrogens is 144 g/mol. The Balaban J connectivity index is 0. The molecule has 1 heterocycles. The van der Waals surface area contributed by atoms with Crippen LogP contribution >= 0.6 is 0 Å². The van der Waals surface area contributed by atoms with Crippen molar-refractivity contribution in [2.45, 2.75) is 10.1 Å². The van der Waals surface area contributed by atoms with Crippen molar-refractivity contribution in [2.75, 3.05) is 0 Å². The van der Waals surface area contributed by atoms with Crippen LogP contribution in [0, 0.1) is 0 Å². The Labute approximate surface area is 87.9 Å². The van der Waals surface area contributed by atoms with Crippen LogP contribution in [0.15, 0.2) is 10.1 Å². The van der Waals surface area contributed by atoms with E-state index in [4.69, 9.17) is 0 Å². The first-order chi connectivity index (χ1) is 3.30. The minimum Gasteiger partial charge on any atom is -0.758 e. The Kier molecular flexibility index (Phi) is 7.68. The van der Waals surface area contributed by atoms with E-state index < -0.39 is 0 Å². The van der Waals surface area contributed by atoms with Crippen molar-refractivity contribution in [3.63, 3.8) is 0 Å². The van der Waals surface area contributed by atoms with Gasteiger partial charge in [0.1, 0.15) is 0 Å². The van der Waals surface area contributed by atoms with Gasteiger partial charge in [-0.05, 0) is 0 Å². The van der Waals surface area contributed by atoms with Crippen LogP contribution in [0.5, 0.6) is 0 Å². The summed E-state index contributed by atoms with van der Waals surface area (Å²) in [5, 5.41) is 10.0. The Morgan fingerprint density at radius 1 is 1.00 bits per heavy atom. The van der Waals surface area contributed by atoms with E-state index in [-0.39, 0.29) is 37.7 Å². The molecule has 0 saturated heterocycles. The first-order valence-corrected chi connectivity index (χ1v) is 2.37. The van der Waals surface area contributed by atoms with Gasteiger partial charge >= 0.3 is 37.7 Å². The molecule has 0 aromatic carbocycles. The second kappa shape index (κ2) is 5.55. The molecule has 0 aliphatic rings. The predicted molar refractivity (Wildman–Crippen MR) is 27.6 cm³/mol. The molecule has 0 atom stereocenters. The summed E-state index contributed by atoms with van der Waals surface area (Å²) >= 11 is 9.16. The molecule has 0 fully saturated rings. The van der Waals surface area contributed by atoms with E-state index in [9.17, 15) is 0 Å². The van der Waals surface area contributed by atoms with Gasteiger partial charge in [-0.25, -0.2) is 5.21 Å². The molecule has 1 rings (SSSR count). The second-order valence-corrected chi connectivity index (χ2v) is 1.71. The topological polar surface area (TPSA) is 41.6 Å². The Morgan fingerprint density at radius 2 is 1.33 bits per heavy atom. The molecule has 1 aromatic heterocycles. The maximum atomic E-state index is 4.58. The van der Waals surface area contributed by atoms with E-state index >= 15 is 0 Å². The van der Waals surface area contributed by atoms with E-state index in [1.807, 2.05) is 0 Å². The average Bonchev–Trinajstić information content (AvgIpc) is 1.91. The van der Waals surface area contributed by atoms with E-state index in [0.29, 0.717) is 10.1 Å². The maximum absolute atomic E-state index is 4.58. The molecule has 3 nitrogen and oxygen atoms in total. The van der Waals surface area contributed by atoms with Gasteiger partial charge in [0, 0.05) is 0 Å². The molecule has 0 aliphatic heterocycles. The first kappa shape index (κ1) is 12.5. The van der Waals surface area contributed by atoms with Crippen LogP contribution < -0.4 is 37.7 Å². The summed E-state index contributed by atoms with van der Waals surface area (Å²) in [7, 11) is 0. The molecule has 9 heavy (non-hydrogen) atoms. The minimum absolute atomic E-state index is 0. The molecule has 1 N–H and O–H groups in total. The number of rotatable bonds is 0. The maximum Gasteiger partial charge on any atom is 1.00 e. The molecule has 38 valence electrons. The van der Waals surface area contributed by atoms with Crippen LogP contribution in [-0.4, -0.2) is 15.4 Å². The smallest absolute Gasteiger partial charge is 0.758 e. The third-order valence-corrected chi connectivity index (χ3v) is 1.18. The van der Waals surface area contributed by atoms with Crippen LogP contribution in [0.25, 0.3) is 0 Å². The number of hydrogen-bond acceptors (Lipinski definition) is 4. The SMILES string of the molecule is [Li+].[Li+].[S-]c1n[nH]nc1[S-]. The van der Waals surface area contributed by atoms with Gasteiger partial charge in [0.25, 0.3) is 0 Å². The van der Waals surface area contributed by atoms with Crippen LogP contribution in [0.1, 0.15) is 0 Å². The van der Waals surface area contributed by atoms with E-state index in [0.717, 1.165) is 0 Å². The van der Waals surface area contributed by atoms with Crippen molar-refractivity contribution in [2.24, 2.45) is 0 Å². The van der Waals surface area contributed by atoms with Gasteiger partial charge in [-0.2, -0.15) is 10.2 Å². The summed E-state index contributed by atoms with van der Waals surface area (Å²) in [5.41, 5.74) is 0. The molecular formula is C2HLi2N3S2. The van der Waals surface area contributed by atoms with Crippen molar-refractivity contribution in [3.05, 3.63) is 0 Å². The zero-order valence-electron chi connectivity index (χ0n) is 5.21. The van der Waals surface area contributed by atoms with Crippen molar-refractivity contribution in [3.8, 4) is 0 Å². The van der Waals surface area contributed by atoms with Crippen LogP contribution in [-0.2, 0) is 25.3 Å². The molecule has 0 spiro atoms. The summed E-state index contributed by atoms with van der Waals surface area (Å²) in [6.45, 7) is 0. The molecule has 0 aliphatic carbocycles. The van der Waals surface area contributed by atoms with Gasteiger partial charge < -0.3 is 25.3 Å². The van der Waals surface area contributed by atoms with E-state index in [2.05, 4.69) is 40.7 Å². The standard InChI is InChI=1S/C2H3N3S2.2Li/c6-1-2(7)4-5-3-1;;/h(H3,3,4,5,6,7);;/q;2*+1/p-2. The predicted octanol–water partition coefficient (Wildman–Crippen LogP) is -6.38. The summed E-state index contributed by atoms with van der Waals surface area (Å²) in [5.74, 6) is 0. The monoisotopic (exact) mass is 145 g/mol. The summed E-state index contributed by atoms with van der Waals surface area (Å²) < 4.78 is 0. The fourth-order valence-corrected chi connectivity index (χ4v) is 0.384. The van der Waals surface area contributed by atoms with Crippen LogP contribution in [0.3, 0.4) is 0 Å². The summed E-state index contributed by atoms with van der Waals surface area (Å²) in [6, 6.07) is 0. The fraction of sp³-hybridized carbons (Fsp3) is 0. The molecule has 0 radical (unpaired) electrons. The molecule has 7 heteroatoms. The number of nitrogens with zero attached hydrogens (tertiary/aromatic N) is 2. The second-order valence-electron chi connectivity index (χ2n) is 0.934. The largest absolute Gasteiger partial charge is 1.00 e. The number of H-pyrrole nitrogens is 1. The van der Waals surface area contributed by atoms with Gasteiger partial charge in [0.2, 0.25) is 0 Å². The normalized spacial score (nSPS) is 7.11. The van der Waals surface area contributed by atoms with Gasteiger partial charge in [0.05, 0.1) is 0 Å². The van der Waals surface area contributed by atoms with Crippen LogP contribution in [0.2, 0.25) is 0 Å². The summed E-state index contributed by atoms with van der Waals surface area (Å²) in [6.07, 6.45) is 0.